The molecule has 0 bridgehead atoms. The topological polar surface area (TPSA) is 34.9 Å². The molecule has 122 valence electrons. The lowest BCUT2D eigenvalue weighted by atomic mass is 10.0. The predicted molar refractivity (Wildman–Crippen MR) is 88.1 cm³/mol. The van der Waals surface area contributed by atoms with E-state index in [4.69, 9.17) is 0 Å². The van der Waals surface area contributed by atoms with Crippen LogP contribution in [0.25, 0.3) is 10.9 Å². The maximum atomic E-state index is 14.3. The van der Waals surface area contributed by atoms with Crippen molar-refractivity contribution in [2.24, 2.45) is 0 Å². The van der Waals surface area contributed by atoms with Crippen LogP contribution in [0.5, 0.6) is 0 Å². The summed E-state index contributed by atoms with van der Waals surface area (Å²) in [6.07, 6.45) is 2.64. The molecule has 2 aromatic carbocycles. The van der Waals surface area contributed by atoms with Gasteiger partial charge in [0.2, 0.25) is 0 Å². The molecule has 1 fully saturated rings. The molecule has 0 spiro atoms. The van der Waals surface area contributed by atoms with Crippen molar-refractivity contribution in [3.05, 3.63) is 75.3 Å². The van der Waals surface area contributed by atoms with Crippen LogP contribution in [0.4, 0.5) is 8.78 Å². The zero-order valence-electron chi connectivity index (χ0n) is 13.4. The predicted octanol–water partition coefficient (Wildman–Crippen LogP) is 3.83. The lowest BCUT2D eigenvalue weighted by Gasteiger charge is -2.20. The first-order chi connectivity index (χ1) is 11.4. The number of nitrogens with zero attached hydrogens (tertiary/aromatic N) is 2. The van der Waals surface area contributed by atoms with Crippen molar-refractivity contribution in [1.29, 1.82) is 0 Å². The zero-order valence-corrected chi connectivity index (χ0v) is 13.4. The molecule has 4 rings (SSSR count). The van der Waals surface area contributed by atoms with Crippen LogP contribution >= 0.6 is 0 Å². The van der Waals surface area contributed by atoms with Gasteiger partial charge in [-0.05, 0) is 62.1 Å². The van der Waals surface area contributed by atoms with Crippen LogP contribution in [0.3, 0.4) is 0 Å². The van der Waals surface area contributed by atoms with Crippen LogP contribution in [-0.2, 0) is 5.54 Å². The maximum Gasteiger partial charge on any atom is 0.261 e. The first-order valence-electron chi connectivity index (χ1n) is 7.88. The van der Waals surface area contributed by atoms with Gasteiger partial charge in [0.1, 0.15) is 11.6 Å². The Morgan fingerprint density at radius 2 is 1.88 bits per heavy atom. The number of hydrogen-bond acceptors (Lipinski definition) is 2. The number of rotatable bonds is 2. The fourth-order valence-electron chi connectivity index (χ4n) is 3.36. The number of aromatic nitrogens is 2. The van der Waals surface area contributed by atoms with E-state index in [1.165, 1.54) is 17.0 Å². The minimum Gasteiger partial charge on any atom is -0.288 e. The van der Waals surface area contributed by atoms with Crippen molar-refractivity contribution < 1.29 is 8.78 Å². The van der Waals surface area contributed by atoms with Crippen molar-refractivity contribution in [3.63, 3.8) is 0 Å². The molecule has 1 heterocycles. The Labute approximate surface area is 137 Å². The number of benzene rings is 2. The fourth-order valence-corrected chi connectivity index (χ4v) is 3.36. The summed E-state index contributed by atoms with van der Waals surface area (Å²) in [6.45, 7) is 3.89. The number of aryl methyl sites for hydroxylation is 2. The Morgan fingerprint density at radius 1 is 1.12 bits per heavy atom. The van der Waals surface area contributed by atoms with Gasteiger partial charge in [-0.15, -0.1) is 0 Å². The van der Waals surface area contributed by atoms with Crippen LogP contribution in [0.1, 0.15) is 29.5 Å². The first-order valence-corrected chi connectivity index (χ1v) is 7.88. The third-order valence-electron chi connectivity index (χ3n) is 5.07. The van der Waals surface area contributed by atoms with E-state index in [9.17, 15) is 13.6 Å². The average molecular weight is 326 g/mol. The van der Waals surface area contributed by atoms with Gasteiger partial charge in [-0.3, -0.25) is 9.36 Å². The zero-order chi connectivity index (χ0) is 17.1. The molecule has 0 radical (unpaired) electrons. The molecule has 3 nitrogen and oxygen atoms in total. The lowest BCUT2D eigenvalue weighted by Crippen LogP contribution is -2.32. The van der Waals surface area contributed by atoms with E-state index in [1.54, 1.807) is 6.07 Å². The quantitative estimate of drug-likeness (QED) is 0.717. The highest BCUT2D eigenvalue weighted by Gasteiger charge is 2.49. The van der Waals surface area contributed by atoms with Crippen molar-refractivity contribution in [3.8, 4) is 0 Å². The minimum absolute atomic E-state index is 0.217. The van der Waals surface area contributed by atoms with E-state index in [0.717, 1.165) is 23.3 Å². The van der Waals surface area contributed by atoms with Gasteiger partial charge in [0, 0.05) is 5.56 Å². The SMILES string of the molecule is Cc1ccc2c(=O)n(C3(c4cc(F)ccc4F)CC3)cnc2c1C. The number of hydrogen-bond donors (Lipinski definition) is 0. The van der Waals surface area contributed by atoms with Gasteiger partial charge >= 0.3 is 0 Å². The molecule has 5 heteroatoms. The molecule has 0 amide bonds. The molecule has 0 unspecified atom stereocenters. The molecule has 1 aliphatic rings. The summed E-state index contributed by atoms with van der Waals surface area (Å²) < 4.78 is 29.3. The normalized spacial score (nSPS) is 15.7. The third-order valence-corrected chi connectivity index (χ3v) is 5.07. The molecular weight excluding hydrogens is 310 g/mol. The highest BCUT2D eigenvalue weighted by Crippen LogP contribution is 2.49. The van der Waals surface area contributed by atoms with E-state index in [1.807, 2.05) is 19.9 Å². The molecule has 0 saturated heterocycles. The Kier molecular flexibility index (Phi) is 3.10. The Hall–Kier alpha value is -2.56. The lowest BCUT2D eigenvalue weighted by molar-refractivity contribution is 0.495. The van der Waals surface area contributed by atoms with Gasteiger partial charge in [0.05, 0.1) is 22.8 Å². The van der Waals surface area contributed by atoms with Crippen molar-refractivity contribution in [1.82, 2.24) is 9.55 Å². The smallest absolute Gasteiger partial charge is 0.261 e. The van der Waals surface area contributed by atoms with E-state index in [2.05, 4.69) is 4.98 Å². The standard InChI is InChI=1S/C19H16F2N2O/c1-11-3-5-14-17(12(11)2)22-10-23(18(14)24)19(7-8-19)15-9-13(20)4-6-16(15)21/h3-6,9-10H,7-8H2,1-2H3. The van der Waals surface area contributed by atoms with E-state index >= 15 is 0 Å². The maximum absolute atomic E-state index is 14.3. The van der Waals surface area contributed by atoms with E-state index in [0.29, 0.717) is 23.7 Å². The Bertz CT molecular complexity index is 1040. The van der Waals surface area contributed by atoms with Crippen LogP contribution in [0.15, 0.2) is 41.5 Å². The Morgan fingerprint density at radius 3 is 2.58 bits per heavy atom. The molecule has 24 heavy (non-hydrogen) atoms. The molecule has 0 atom stereocenters. The first kappa shape index (κ1) is 15.0. The summed E-state index contributed by atoms with van der Waals surface area (Å²) in [4.78, 5) is 17.4. The molecule has 0 aliphatic heterocycles. The summed E-state index contributed by atoms with van der Waals surface area (Å²) in [7, 11) is 0. The molecule has 0 N–H and O–H groups in total. The van der Waals surface area contributed by atoms with Crippen LogP contribution in [0.2, 0.25) is 0 Å². The van der Waals surface area contributed by atoms with E-state index < -0.39 is 17.2 Å². The Balaban J connectivity index is 1.97. The second kappa shape index (κ2) is 4.97. The number of halogens is 2. The van der Waals surface area contributed by atoms with Crippen LogP contribution in [-0.4, -0.2) is 9.55 Å². The summed E-state index contributed by atoms with van der Waals surface area (Å²) in [5.74, 6) is -1.01. The summed E-state index contributed by atoms with van der Waals surface area (Å²) in [5.41, 5.74) is 1.84. The molecule has 1 saturated carbocycles. The van der Waals surface area contributed by atoms with Gasteiger partial charge in [0.25, 0.3) is 5.56 Å². The second-order valence-electron chi connectivity index (χ2n) is 6.48. The summed E-state index contributed by atoms with van der Waals surface area (Å²) in [6, 6.07) is 7.01. The summed E-state index contributed by atoms with van der Waals surface area (Å²) in [5, 5.41) is 0.503. The molecular formula is C19H16F2N2O. The third kappa shape index (κ3) is 2.00. The number of fused-ring (bicyclic) bond motifs is 1. The average Bonchev–Trinajstić information content (AvgIpc) is 3.35. The fraction of sp³-hybridized carbons (Fsp3) is 0.263. The van der Waals surface area contributed by atoms with Gasteiger partial charge < -0.3 is 0 Å². The van der Waals surface area contributed by atoms with Gasteiger partial charge in [-0.25, -0.2) is 13.8 Å². The van der Waals surface area contributed by atoms with Gasteiger partial charge in [-0.2, -0.15) is 0 Å². The molecule has 1 aromatic heterocycles. The minimum atomic E-state index is -0.830. The van der Waals surface area contributed by atoms with Crippen molar-refractivity contribution >= 4 is 10.9 Å². The van der Waals surface area contributed by atoms with Gasteiger partial charge in [0.15, 0.2) is 0 Å². The van der Waals surface area contributed by atoms with Crippen molar-refractivity contribution in [2.75, 3.05) is 0 Å². The highest BCUT2D eigenvalue weighted by molar-refractivity contribution is 5.81. The molecule has 1 aliphatic carbocycles. The van der Waals surface area contributed by atoms with Crippen molar-refractivity contribution in [2.45, 2.75) is 32.2 Å². The highest BCUT2D eigenvalue weighted by atomic mass is 19.1. The van der Waals surface area contributed by atoms with Crippen LogP contribution < -0.4 is 5.56 Å². The second-order valence-corrected chi connectivity index (χ2v) is 6.48. The molecule has 3 aromatic rings. The monoisotopic (exact) mass is 326 g/mol. The summed E-state index contributed by atoms with van der Waals surface area (Å²) >= 11 is 0. The van der Waals surface area contributed by atoms with Gasteiger partial charge in [-0.1, -0.05) is 6.07 Å². The largest absolute Gasteiger partial charge is 0.288 e. The van der Waals surface area contributed by atoms with E-state index in [-0.39, 0.29) is 11.1 Å². The van der Waals surface area contributed by atoms with Crippen LogP contribution in [0, 0.1) is 25.5 Å².